The largest absolute Gasteiger partial charge is 0.468 e. The first kappa shape index (κ1) is 15.2. The summed E-state index contributed by atoms with van der Waals surface area (Å²) in [5.41, 5.74) is 0. The van der Waals surface area contributed by atoms with Crippen molar-refractivity contribution in [1.82, 2.24) is 15.1 Å². The Labute approximate surface area is 119 Å². The number of piperazine rings is 1. The predicted molar refractivity (Wildman–Crippen MR) is 72.3 cm³/mol. The predicted octanol–water partition coefficient (Wildman–Crippen LogP) is -1.32. The average Bonchev–Trinajstić information content (AvgIpc) is 2.49. The second-order valence-electron chi connectivity index (χ2n) is 5.16. The van der Waals surface area contributed by atoms with Crippen molar-refractivity contribution in [3.63, 3.8) is 0 Å². The Bertz CT molecular complexity index is 337. The molecule has 2 heterocycles. The lowest BCUT2D eigenvalue weighted by Crippen LogP contribution is -2.52. The molecule has 7 nitrogen and oxygen atoms in total. The van der Waals surface area contributed by atoms with Crippen molar-refractivity contribution in [3.8, 4) is 0 Å². The van der Waals surface area contributed by atoms with Crippen LogP contribution in [0, 0.1) is 0 Å². The Morgan fingerprint density at radius 1 is 1.30 bits per heavy atom. The highest BCUT2D eigenvalue weighted by Crippen LogP contribution is 2.07. The number of hydrogen-bond donors (Lipinski definition) is 1. The van der Waals surface area contributed by atoms with Gasteiger partial charge in [-0.2, -0.15) is 0 Å². The summed E-state index contributed by atoms with van der Waals surface area (Å²) in [5, 5.41) is 3.29. The molecule has 2 aliphatic heterocycles. The van der Waals surface area contributed by atoms with E-state index >= 15 is 0 Å². The summed E-state index contributed by atoms with van der Waals surface area (Å²) in [4.78, 5) is 27.2. The molecule has 0 aliphatic carbocycles. The van der Waals surface area contributed by atoms with Crippen molar-refractivity contribution in [2.45, 2.75) is 12.5 Å². The molecule has 2 saturated heterocycles. The van der Waals surface area contributed by atoms with Gasteiger partial charge in [0.25, 0.3) is 0 Å². The zero-order valence-corrected chi connectivity index (χ0v) is 12.0. The van der Waals surface area contributed by atoms with Gasteiger partial charge in [0.15, 0.2) is 0 Å². The molecular formula is C13H23N3O4. The average molecular weight is 285 g/mol. The summed E-state index contributed by atoms with van der Waals surface area (Å²) in [7, 11) is 1.39. The van der Waals surface area contributed by atoms with Gasteiger partial charge >= 0.3 is 5.97 Å². The van der Waals surface area contributed by atoms with Gasteiger partial charge in [0.1, 0.15) is 0 Å². The minimum atomic E-state index is -0.228. The van der Waals surface area contributed by atoms with Crippen molar-refractivity contribution in [3.05, 3.63) is 0 Å². The van der Waals surface area contributed by atoms with Crippen LogP contribution in [0.15, 0.2) is 0 Å². The van der Waals surface area contributed by atoms with Gasteiger partial charge in [-0.15, -0.1) is 0 Å². The van der Waals surface area contributed by atoms with Crippen molar-refractivity contribution >= 4 is 11.9 Å². The van der Waals surface area contributed by atoms with E-state index < -0.39 is 0 Å². The highest BCUT2D eigenvalue weighted by atomic mass is 16.5. The molecule has 0 aromatic heterocycles. The quantitative estimate of drug-likeness (QED) is 0.646. The molecule has 20 heavy (non-hydrogen) atoms. The van der Waals surface area contributed by atoms with Gasteiger partial charge in [-0.3, -0.25) is 14.5 Å². The van der Waals surface area contributed by atoms with Crippen molar-refractivity contribution < 1.29 is 19.1 Å². The number of methoxy groups -OCH3 is 1. The van der Waals surface area contributed by atoms with Gasteiger partial charge < -0.3 is 19.7 Å². The maximum absolute atomic E-state index is 12.2. The van der Waals surface area contributed by atoms with Crippen LogP contribution in [0.5, 0.6) is 0 Å². The third-order valence-electron chi connectivity index (χ3n) is 3.72. The number of carbonyl (C=O) groups excluding carboxylic acids is 2. The highest BCUT2D eigenvalue weighted by molar-refractivity contribution is 5.77. The van der Waals surface area contributed by atoms with Crippen LogP contribution in [0.4, 0.5) is 0 Å². The molecule has 2 fully saturated rings. The molecule has 0 spiro atoms. The van der Waals surface area contributed by atoms with E-state index in [0.717, 1.165) is 26.2 Å². The van der Waals surface area contributed by atoms with Crippen molar-refractivity contribution in [1.29, 1.82) is 0 Å². The SMILES string of the molecule is COC(=O)CN1CCN(C(=O)CC2COCCN2)CC1. The number of nitrogens with zero attached hydrogens (tertiary/aromatic N) is 2. The summed E-state index contributed by atoms with van der Waals surface area (Å²) in [6.07, 6.45) is 0.483. The number of morpholine rings is 1. The number of esters is 1. The van der Waals surface area contributed by atoms with Gasteiger partial charge in [0, 0.05) is 45.2 Å². The molecule has 1 unspecified atom stereocenters. The minimum absolute atomic E-state index is 0.129. The standard InChI is InChI=1S/C13H23N3O4/c1-19-13(18)9-15-3-5-16(6-4-15)12(17)8-11-10-20-7-2-14-11/h11,14H,2-10H2,1H3. The van der Waals surface area contributed by atoms with Crippen LogP contribution in [0.3, 0.4) is 0 Å². The number of ether oxygens (including phenoxy) is 2. The fraction of sp³-hybridized carbons (Fsp3) is 0.846. The lowest BCUT2D eigenvalue weighted by molar-refractivity contribution is -0.142. The third-order valence-corrected chi connectivity index (χ3v) is 3.72. The lowest BCUT2D eigenvalue weighted by Gasteiger charge is -2.35. The molecule has 1 amide bonds. The number of rotatable bonds is 4. The van der Waals surface area contributed by atoms with Crippen molar-refractivity contribution in [2.75, 3.05) is 59.6 Å². The molecule has 0 saturated carbocycles. The van der Waals surface area contributed by atoms with Crippen LogP contribution in [0.25, 0.3) is 0 Å². The van der Waals surface area contributed by atoms with E-state index in [4.69, 9.17) is 4.74 Å². The van der Waals surface area contributed by atoms with E-state index in [2.05, 4.69) is 10.1 Å². The topological polar surface area (TPSA) is 71.1 Å². The normalized spacial score (nSPS) is 24.4. The summed E-state index contributed by atoms with van der Waals surface area (Å²) >= 11 is 0. The van der Waals surface area contributed by atoms with Crippen LogP contribution in [-0.4, -0.2) is 87.3 Å². The fourth-order valence-corrected chi connectivity index (χ4v) is 2.49. The van der Waals surface area contributed by atoms with E-state index in [9.17, 15) is 9.59 Å². The van der Waals surface area contributed by atoms with Gasteiger partial charge in [-0.1, -0.05) is 0 Å². The maximum atomic E-state index is 12.2. The van der Waals surface area contributed by atoms with E-state index in [1.807, 2.05) is 9.80 Å². The first-order valence-corrected chi connectivity index (χ1v) is 7.07. The lowest BCUT2D eigenvalue weighted by atomic mass is 10.1. The van der Waals surface area contributed by atoms with E-state index in [0.29, 0.717) is 32.7 Å². The second kappa shape index (κ2) is 7.56. The fourth-order valence-electron chi connectivity index (χ4n) is 2.49. The van der Waals surface area contributed by atoms with E-state index in [-0.39, 0.29) is 17.9 Å². The Hall–Kier alpha value is -1.18. The minimum Gasteiger partial charge on any atom is -0.468 e. The van der Waals surface area contributed by atoms with Crippen LogP contribution in [-0.2, 0) is 19.1 Å². The van der Waals surface area contributed by atoms with Crippen LogP contribution in [0.1, 0.15) is 6.42 Å². The Kier molecular flexibility index (Phi) is 5.75. The summed E-state index contributed by atoms with van der Waals surface area (Å²) in [5.74, 6) is -0.0703. The van der Waals surface area contributed by atoms with Gasteiger partial charge in [0.2, 0.25) is 5.91 Å². The molecule has 0 aromatic carbocycles. The van der Waals surface area contributed by atoms with Gasteiger partial charge in [-0.05, 0) is 0 Å². The molecule has 2 rings (SSSR count). The Morgan fingerprint density at radius 3 is 2.65 bits per heavy atom. The molecule has 0 bridgehead atoms. The maximum Gasteiger partial charge on any atom is 0.319 e. The van der Waals surface area contributed by atoms with Gasteiger partial charge in [-0.25, -0.2) is 0 Å². The zero-order chi connectivity index (χ0) is 14.4. The van der Waals surface area contributed by atoms with Gasteiger partial charge in [0.05, 0.1) is 26.9 Å². The summed E-state index contributed by atoms with van der Waals surface area (Å²) in [6, 6.07) is 0.129. The summed E-state index contributed by atoms with van der Waals surface area (Å²) in [6.45, 7) is 5.21. The molecule has 0 aromatic rings. The molecule has 0 radical (unpaired) electrons. The molecule has 1 atom stereocenters. The molecule has 114 valence electrons. The number of amides is 1. The first-order valence-electron chi connectivity index (χ1n) is 7.07. The number of nitrogens with one attached hydrogen (secondary N) is 1. The van der Waals surface area contributed by atoms with E-state index in [1.165, 1.54) is 7.11 Å². The molecular weight excluding hydrogens is 262 g/mol. The second-order valence-corrected chi connectivity index (χ2v) is 5.16. The third kappa shape index (κ3) is 4.43. The van der Waals surface area contributed by atoms with Crippen LogP contribution >= 0.6 is 0 Å². The number of hydrogen-bond acceptors (Lipinski definition) is 6. The Morgan fingerprint density at radius 2 is 2.05 bits per heavy atom. The number of carbonyl (C=O) groups is 2. The highest BCUT2D eigenvalue weighted by Gasteiger charge is 2.25. The van der Waals surface area contributed by atoms with E-state index in [1.54, 1.807) is 0 Å². The summed E-state index contributed by atoms with van der Waals surface area (Å²) < 4.78 is 10.00. The Balaban J connectivity index is 1.69. The van der Waals surface area contributed by atoms with Crippen molar-refractivity contribution in [2.24, 2.45) is 0 Å². The smallest absolute Gasteiger partial charge is 0.319 e. The molecule has 1 N–H and O–H groups in total. The van der Waals surface area contributed by atoms with Crippen LogP contribution in [0.2, 0.25) is 0 Å². The monoisotopic (exact) mass is 285 g/mol. The molecule has 7 heteroatoms. The van der Waals surface area contributed by atoms with Crippen LogP contribution < -0.4 is 5.32 Å². The zero-order valence-electron chi connectivity index (χ0n) is 12.0. The first-order chi connectivity index (χ1) is 9.69. The molecule has 2 aliphatic rings.